The summed E-state index contributed by atoms with van der Waals surface area (Å²) < 4.78 is 0. The molecule has 2 atom stereocenters. The zero-order valence-electron chi connectivity index (χ0n) is 12.4. The first-order valence-electron chi connectivity index (χ1n) is 8.43. The Morgan fingerprint density at radius 2 is 1.85 bits per heavy atom. The van der Waals surface area contributed by atoms with Crippen molar-refractivity contribution >= 4 is 0 Å². The monoisotopic (exact) mass is 270 g/mol. The Bertz CT molecular complexity index is 440. The van der Waals surface area contributed by atoms with Gasteiger partial charge < -0.3 is 0 Å². The van der Waals surface area contributed by atoms with Crippen LogP contribution in [0.15, 0.2) is 30.3 Å². The van der Waals surface area contributed by atoms with Crippen molar-refractivity contribution in [2.24, 2.45) is 5.92 Å². The molecule has 0 spiro atoms. The Hall–Kier alpha value is -0.860. The largest absolute Gasteiger partial charge is 0.297 e. The van der Waals surface area contributed by atoms with Crippen molar-refractivity contribution in [1.29, 1.82) is 0 Å². The van der Waals surface area contributed by atoms with Gasteiger partial charge in [-0.25, -0.2) is 0 Å². The molecular formula is C18H26N2. The normalized spacial score (nSPS) is 31.4. The average molecular weight is 270 g/mol. The van der Waals surface area contributed by atoms with Gasteiger partial charge in [0.05, 0.1) is 0 Å². The van der Waals surface area contributed by atoms with E-state index in [1.54, 1.807) is 0 Å². The molecule has 1 aromatic rings. The number of fused-ring (bicyclic) bond motifs is 1. The molecule has 4 rings (SSSR count). The maximum Gasteiger partial charge on any atom is 0.0475 e. The molecular weight excluding hydrogens is 244 g/mol. The molecule has 1 aliphatic carbocycles. The molecule has 2 saturated heterocycles. The summed E-state index contributed by atoms with van der Waals surface area (Å²) >= 11 is 0. The van der Waals surface area contributed by atoms with Gasteiger partial charge in [0.25, 0.3) is 0 Å². The maximum absolute atomic E-state index is 2.79. The van der Waals surface area contributed by atoms with E-state index in [0.29, 0.717) is 6.04 Å². The zero-order valence-corrected chi connectivity index (χ0v) is 12.4. The molecule has 3 aliphatic rings. The van der Waals surface area contributed by atoms with Gasteiger partial charge in [0.15, 0.2) is 0 Å². The van der Waals surface area contributed by atoms with Crippen molar-refractivity contribution in [3.05, 3.63) is 35.9 Å². The number of hydrogen-bond acceptors (Lipinski definition) is 2. The number of rotatable bonds is 4. The van der Waals surface area contributed by atoms with Gasteiger partial charge in [-0.15, -0.1) is 0 Å². The van der Waals surface area contributed by atoms with Crippen LogP contribution in [-0.2, 0) is 0 Å². The summed E-state index contributed by atoms with van der Waals surface area (Å²) in [5, 5.41) is 0. The van der Waals surface area contributed by atoms with Crippen molar-refractivity contribution in [2.75, 3.05) is 26.2 Å². The van der Waals surface area contributed by atoms with Crippen LogP contribution in [0.1, 0.15) is 43.7 Å². The summed E-state index contributed by atoms with van der Waals surface area (Å²) in [6, 6.07) is 12.7. The van der Waals surface area contributed by atoms with Gasteiger partial charge in [0, 0.05) is 25.2 Å². The van der Waals surface area contributed by atoms with E-state index in [0.717, 1.165) is 12.0 Å². The third-order valence-electron chi connectivity index (χ3n) is 5.50. The van der Waals surface area contributed by atoms with Crippen molar-refractivity contribution in [2.45, 2.75) is 44.2 Å². The van der Waals surface area contributed by atoms with Gasteiger partial charge in [0.1, 0.15) is 0 Å². The van der Waals surface area contributed by atoms with E-state index in [1.807, 2.05) is 0 Å². The standard InChI is InChI=1S/C18H26N2/c1-2-5-16(6-3-1)18-14-19-11-4-7-17(19)13-20(18)12-10-15-8-9-15/h1-3,5-6,15,17-18H,4,7-14H2. The van der Waals surface area contributed by atoms with Gasteiger partial charge >= 0.3 is 0 Å². The van der Waals surface area contributed by atoms with Gasteiger partial charge in [-0.3, -0.25) is 9.80 Å². The first-order chi connectivity index (χ1) is 9.90. The smallest absolute Gasteiger partial charge is 0.0475 e. The lowest BCUT2D eigenvalue weighted by Crippen LogP contribution is -2.52. The molecule has 2 unspecified atom stereocenters. The van der Waals surface area contributed by atoms with Crippen LogP contribution in [0.2, 0.25) is 0 Å². The van der Waals surface area contributed by atoms with E-state index < -0.39 is 0 Å². The topological polar surface area (TPSA) is 6.48 Å². The SMILES string of the molecule is c1ccc(C2CN3CCCC3CN2CCC2CC2)cc1. The third-order valence-corrected chi connectivity index (χ3v) is 5.50. The fraction of sp³-hybridized carbons (Fsp3) is 0.667. The van der Waals surface area contributed by atoms with E-state index >= 15 is 0 Å². The molecule has 2 nitrogen and oxygen atoms in total. The van der Waals surface area contributed by atoms with Crippen LogP contribution in [0.25, 0.3) is 0 Å². The molecule has 2 aliphatic heterocycles. The minimum atomic E-state index is 0.629. The van der Waals surface area contributed by atoms with Crippen LogP contribution >= 0.6 is 0 Å². The molecule has 20 heavy (non-hydrogen) atoms. The highest BCUT2D eigenvalue weighted by atomic mass is 15.3. The highest BCUT2D eigenvalue weighted by Crippen LogP contribution is 2.36. The predicted octanol–water partition coefficient (Wildman–Crippen LogP) is 3.31. The summed E-state index contributed by atoms with van der Waals surface area (Å²) in [6.07, 6.45) is 7.22. The van der Waals surface area contributed by atoms with Crippen molar-refractivity contribution in [3.63, 3.8) is 0 Å². The number of hydrogen-bond donors (Lipinski definition) is 0. The molecule has 3 fully saturated rings. The zero-order chi connectivity index (χ0) is 13.4. The lowest BCUT2D eigenvalue weighted by atomic mass is 9.99. The highest BCUT2D eigenvalue weighted by molar-refractivity contribution is 5.20. The van der Waals surface area contributed by atoms with Crippen molar-refractivity contribution in [3.8, 4) is 0 Å². The molecule has 0 bridgehead atoms. The molecule has 108 valence electrons. The van der Waals surface area contributed by atoms with Gasteiger partial charge in [0.2, 0.25) is 0 Å². The Balaban J connectivity index is 1.51. The summed E-state index contributed by atoms with van der Waals surface area (Å²) in [6.45, 7) is 5.19. The predicted molar refractivity (Wildman–Crippen MR) is 82.7 cm³/mol. The second-order valence-corrected chi connectivity index (χ2v) is 6.94. The molecule has 2 heterocycles. The van der Waals surface area contributed by atoms with Gasteiger partial charge in [-0.05, 0) is 43.8 Å². The van der Waals surface area contributed by atoms with Crippen LogP contribution in [0.5, 0.6) is 0 Å². The molecule has 0 aromatic heterocycles. The van der Waals surface area contributed by atoms with E-state index in [-0.39, 0.29) is 0 Å². The third kappa shape index (κ3) is 2.64. The van der Waals surface area contributed by atoms with Gasteiger partial charge in [-0.2, -0.15) is 0 Å². The minimum absolute atomic E-state index is 0.629. The van der Waals surface area contributed by atoms with E-state index in [1.165, 1.54) is 63.8 Å². The van der Waals surface area contributed by atoms with Crippen LogP contribution in [0.3, 0.4) is 0 Å². The first kappa shape index (κ1) is 12.8. The van der Waals surface area contributed by atoms with Gasteiger partial charge in [-0.1, -0.05) is 43.2 Å². The summed E-state index contributed by atoms with van der Waals surface area (Å²) in [5.41, 5.74) is 1.52. The fourth-order valence-corrected chi connectivity index (χ4v) is 4.07. The van der Waals surface area contributed by atoms with E-state index in [2.05, 4.69) is 40.1 Å². The Kier molecular flexibility index (Phi) is 3.53. The summed E-state index contributed by atoms with van der Waals surface area (Å²) in [7, 11) is 0. The van der Waals surface area contributed by atoms with Crippen molar-refractivity contribution in [1.82, 2.24) is 9.80 Å². The second kappa shape index (κ2) is 5.50. The second-order valence-electron chi connectivity index (χ2n) is 6.94. The number of benzene rings is 1. The van der Waals surface area contributed by atoms with Crippen LogP contribution in [0, 0.1) is 5.92 Å². The Labute approximate surface area is 122 Å². The Morgan fingerprint density at radius 3 is 2.65 bits per heavy atom. The lowest BCUT2D eigenvalue weighted by molar-refractivity contribution is 0.0487. The molecule has 0 radical (unpaired) electrons. The van der Waals surface area contributed by atoms with Crippen LogP contribution < -0.4 is 0 Å². The minimum Gasteiger partial charge on any atom is -0.297 e. The molecule has 1 saturated carbocycles. The molecule has 1 aromatic carbocycles. The quantitative estimate of drug-likeness (QED) is 0.828. The fourth-order valence-electron chi connectivity index (χ4n) is 4.07. The van der Waals surface area contributed by atoms with Crippen molar-refractivity contribution < 1.29 is 0 Å². The number of piperazine rings is 1. The summed E-state index contributed by atoms with van der Waals surface area (Å²) in [4.78, 5) is 5.53. The van der Waals surface area contributed by atoms with E-state index in [9.17, 15) is 0 Å². The number of nitrogens with zero attached hydrogens (tertiary/aromatic N) is 2. The van der Waals surface area contributed by atoms with Crippen LogP contribution in [-0.4, -0.2) is 42.0 Å². The average Bonchev–Trinajstić information content (AvgIpc) is 3.22. The summed E-state index contributed by atoms with van der Waals surface area (Å²) in [5.74, 6) is 1.05. The molecule has 2 heteroatoms. The molecule has 0 amide bonds. The first-order valence-corrected chi connectivity index (χ1v) is 8.43. The maximum atomic E-state index is 2.79. The van der Waals surface area contributed by atoms with E-state index in [4.69, 9.17) is 0 Å². The molecule has 0 N–H and O–H groups in total. The van der Waals surface area contributed by atoms with Crippen LogP contribution in [0.4, 0.5) is 0 Å². The lowest BCUT2D eigenvalue weighted by Gasteiger charge is -2.44. The Morgan fingerprint density at radius 1 is 1.00 bits per heavy atom. The highest BCUT2D eigenvalue weighted by Gasteiger charge is 2.37.